The van der Waals surface area contributed by atoms with Crippen molar-refractivity contribution in [3.8, 4) is 0 Å². The van der Waals surface area contributed by atoms with E-state index in [4.69, 9.17) is 4.74 Å². The SMILES string of the molecule is CCCCC(C(=O)OC)N(C)C1CCSC1. The number of thioether (sulfide) groups is 1. The van der Waals surface area contributed by atoms with Gasteiger partial charge < -0.3 is 4.74 Å². The van der Waals surface area contributed by atoms with E-state index >= 15 is 0 Å². The molecule has 0 radical (unpaired) electrons. The van der Waals surface area contributed by atoms with Crippen molar-refractivity contribution >= 4 is 17.7 Å². The third-order valence-corrected chi connectivity index (χ3v) is 4.42. The molecular formula is C12H23NO2S. The van der Waals surface area contributed by atoms with Crippen LogP contribution >= 0.6 is 11.8 Å². The molecule has 0 aliphatic carbocycles. The van der Waals surface area contributed by atoms with Gasteiger partial charge in [0.15, 0.2) is 0 Å². The maximum Gasteiger partial charge on any atom is 0.323 e. The minimum Gasteiger partial charge on any atom is -0.468 e. The van der Waals surface area contributed by atoms with Crippen molar-refractivity contribution in [1.29, 1.82) is 0 Å². The quantitative estimate of drug-likeness (QED) is 0.671. The minimum absolute atomic E-state index is 0.0475. The molecule has 0 amide bonds. The van der Waals surface area contributed by atoms with Crippen molar-refractivity contribution in [3.63, 3.8) is 0 Å². The number of hydrogen-bond acceptors (Lipinski definition) is 4. The van der Waals surface area contributed by atoms with E-state index < -0.39 is 0 Å². The van der Waals surface area contributed by atoms with Crippen molar-refractivity contribution in [2.75, 3.05) is 25.7 Å². The van der Waals surface area contributed by atoms with E-state index in [0.717, 1.165) is 25.0 Å². The number of hydrogen-bond donors (Lipinski definition) is 0. The van der Waals surface area contributed by atoms with Gasteiger partial charge in [0.05, 0.1) is 7.11 Å². The van der Waals surface area contributed by atoms with Crippen LogP contribution in [0.1, 0.15) is 32.6 Å². The van der Waals surface area contributed by atoms with Crippen LogP contribution in [0.3, 0.4) is 0 Å². The molecule has 1 aliphatic heterocycles. The van der Waals surface area contributed by atoms with Gasteiger partial charge in [-0.05, 0) is 25.6 Å². The zero-order chi connectivity index (χ0) is 12.0. The topological polar surface area (TPSA) is 29.5 Å². The summed E-state index contributed by atoms with van der Waals surface area (Å²) in [6.45, 7) is 2.15. The molecule has 94 valence electrons. The van der Waals surface area contributed by atoms with Gasteiger partial charge in [-0.25, -0.2) is 0 Å². The molecule has 4 heteroatoms. The normalized spacial score (nSPS) is 22.4. The van der Waals surface area contributed by atoms with E-state index in [9.17, 15) is 4.79 Å². The Morgan fingerprint density at radius 3 is 2.88 bits per heavy atom. The average Bonchev–Trinajstić information content (AvgIpc) is 2.82. The Balaban J connectivity index is 2.55. The molecule has 1 rings (SSSR count). The summed E-state index contributed by atoms with van der Waals surface area (Å²) in [4.78, 5) is 14.0. The molecule has 0 bridgehead atoms. The molecule has 0 spiro atoms. The fraction of sp³-hybridized carbons (Fsp3) is 0.917. The van der Waals surface area contributed by atoms with Gasteiger partial charge >= 0.3 is 5.97 Å². The maximum atomic E-state index is 11.7. The third-order valence-electron chi connectivity index (χ3n) is 3.28. The molecule has 1 fully saturated rings. The zero-order valence-electron chi connectivity index (χ0n) is 10.6. The highest BCUT2D eigenvalue weighted by molar-refractivity contribution is 7.99. The molecule has 0 N–H and O–H groups in total. The van der Waals surface area contributed by atoms with Gasteiger partial charge in [-0.3, -0.25) is 9.69 Å². The highest BCUT2D eigenvalue weighted by Gasteiger charge is 2.30. The summed E-state index contributed by atoms with van der Waals surface area (Å²) in [6, 6.07) is 0.500. The fourth-order valence-corrected chi connectivity index (χ4v) is 3.40. The first kappa shape index (κ1) is 13.8. The highest BCUT2D eigenvalue weighted by Crippen LogP contribution is 2.24. The van der Waals surface area contributed by atoms with E-state index in [2.05, 4.69) is 18.9 Å². The molecule has 0 saturated carbocycles. The first-order valence-electron chi connectivity index (χ1n) is 6.08. The summed E-state index contributed by atoms with van der Waals surface area (Å²) in [5.74, 6) is 2.29. The van der Waals surface area contributed by atoms with Crippen LogP contribution in [-0.4, -0.2) is 48.6 Å². The summed E-state index contributed by atoms with van der Waals surface area (Å²) >= 11 is 1.98. The summed E-state index contributed by atoms with van der Waals surface area (Å²) in [7, 11) is 3.55. The van der Waals surface area contributed by atoms with Crippen LogP contribution in [0.25, 0.3) is 0 Å². The Morgan fingerprint density at radius 2 is 2.38 bits per heavy atom. The van der Waals surface area contributed by atoms with Gasteiger partial charge in [-0.1, -0.05) is 19.8 Å². The second-order valence-corrected chi connectivity index (χ2v) is 5.51. The summed E-state index contributed by atoms with van der Waals surface area (Å²) in [5.41, 5.74) is 0. The van der Waals surface area contributed by atoms with Crippen LogP contribution in [0.15, 0.2) is 0 Å². The highest BCUT2D eigenvalue weighted by atomic mass is 32.2. The fourth-order valence-electron chi connectivity index (χ4n) is 2.12. The predicted octanol–water partition coefficient (Wildman–Crippen LogP) is 2.16. The van der Waals surface area contributed by atoms with E-state index in [1.165, 1.54) is 19.3 Å². The molecular weight excluding hydrogens is 222 g/mol. The Bertz CT molecular complexity index is 217. The van der Waals surface area contributed by atoms with Crippen LogP contribution in [-0.2, 0) is 9.53 Å². The first-order chi connectivity index (χ1) is 7.70. The van der Waals surface area contributed by atoms with Crippen LogP contribution in [0.4, 0.5) is 0 Å². The lowest BCUT2D eigenvalue weighted by atomic mass is 10.1. The molecule has 2 unspecified atom stereocenters. The number of likely N-dealkylation sites (N-methyl/N-ethyl adjacent to an activating group) is 1. The molecule has 1 saturated heterocycles. The standard InChI is InChI=1S/C12H23NO2S/c1-4-5-6-11(12(14)15-3)13(2)10-7-8-16-9-10/h10-11H,4-9H2,1-3H3. The van der Waals surface area contributed by atoms with E-state index in [-0.39, 0.29) is 12.0 Å². The Morgan fingerprint density at radius 1 is 1.62 bits per heavy atom. The second kappa shape index (κ2) is 7.17. The molecule has 16 heavy (non-hydrogen) atoms. The number of nitrogens with zero attached hydrogens (tertiary/aromatic N) is 1. The van der Waals surface area contributed by atoms with Crippen molar-refractivity contribution in [2.45, 2.75) is 44.7 Å². The Kier molecular flexibility index (Phi) is 6.21. The smallest absolute Gasteiger partial charge is 0.323 e. The van der Waals surface area contributed by atoms with Gasteiger partial charge in [0.1, 0.15) is 6.04 Å². The van der Waals surface area contributed by atoms with Crippen molar-refractivity contribution in [1.82, 2.24) is 4.90 Å². The molecule has 0 aromatic heterocycles. The number of unbranched alkanes of at least 4 members (excludes halogenated alkanes) is 1. The zero-order valence-corrected chi connectivity index (χ0v) is 11.4. The van der Waals surface area contributed by atoms with Gasteiger partial charge in [-0.2, -0.15) is 11.8 Å². The molecule has 0 aromatic rings. The summed E-state index contributed by atoms with van der Waals surface area (Å²) < 4.78 is 4.90. The Labute approximate surface area is 103 Å². The number of esters is 1. The van der Waals surface area contributed by atoms with E-state index in [1.807, 2.05) is 11.8 Å². The van der Waals surface area contributed by atoms with Gasteiger partial charge in [-0.15, -0.1) is 0 Å². The van der Waals surface area contributed by atoms with Gasteiger partial charge in [0.2, 0.25) is 0 Å². The summed E-state index contributed by atoms with van der Waals surface area (Å²) in [6.07, 6.45) is 4.33. The molecule has 2 atom stereocenters. The lowest BCUT2D eigenvalue weighted by Gasteiger charge is -2.30. The van der Waals surface area contributed by atoms with Crippen LogP contribution in [0.5, 0.6) is 0 Å². The molecule has 1 aliphatic rings. The van der Waals surface area contributed by atoms with E-state index in [1.54, 1.807) is 0 Å². The Hall–Kier alpha value is -0.220. The number of methoxy groups -OCH3 is 1. The summed E-state index contributed by atoms with van der Waals surface area (Å²) in [5, 5.41) is 0. The van der Waals surface area contributed by atoms with Crippen LogP contribution in [0, 0.1) is 0 Å². The van der Waals surface area contributed by atoms with Crippen molar-refractivity contribution < 1.29 is 9.53 Å². The predicted molar refractivity (Wildman–Crippen MR) is 68.8 cm³/mol. The van der Waals surface area contributed by atoms with Crippen LogP contribution < -0.4 is 0 Å². The van der Waals surface area contributed by atoms with Crippen LogP contribution in [0.2, 0.25) is 0 Å². The van der Waals surface area contributed by atoms with Gasteiger partial charge in [0.25, 0.3) is 0 Å². The molecule has 3 nitrogen and oxygen atoms in total. The lowest BCUT2D eigenvalue weighted by molar-refractivity contribution is -0.147. The number of rotatable bonds is 6. The number of carbonyl (C=O) groups excluding carboxylic acids is 1. The average molecular weight is 245 g/mol. The number of ether oxygens (including phenoxy) is 1. The van der Waals surface area contributed by atoms with Crippen molar-refractivity contribution in [2.24, 2.45) is 0 Å². The monoisotopic (exact) mass is 245 g/mol. The van der Waals surface area contributed by atoms with Gasteiger partial charge in [0, 0.05) is 11.8 Å². The molecule has 1 heterocycles. The first-order valence-corrected chi connectivity index (χ1v) is 7.23. The minimum atomic E-state index is -0.0761. The number of carbonyl (C=O) groups is 1. The lowest BCUT2D eigenvalue weighted by Crippen LogP contribution is -2.45. The molecule has 0 aromatic carbocycles. The van der Waals surface area contributed by atoms with E-state index in [0.29, 0.717) is 6.04 Å². The van der Waals surface area contributed by atoms with Crippen molar-refractivity contribution in [3.05, 3.63) is 0 Å². The maximum absolute atomic E-state index is 11.7. The largest absolute Gasteiger partial charge is 0.468 e. The second-order valence-electron chi connectivity index (χ2n) is 4.36. The third kappa shape index (κ3) is 3.67.